The number of anilines is 1. The maximum Gasteiger partial charge on any atom is 0.230 e. The van der Waals surface area contributed by atoms with Gasteiger partial charge in [0.2, 0.25) is 5.91 Å². The van der Waals surface area contributed by atoms with Gasteiger partial charge in [-0.05, 0) is 37.8 Å². The van der Waals surface area contributed by atoms with Crippen LogP contribution in [0, 0.1) is 5.92 Å². The fraction of sp³-hybridized carbons (Fsp3) is 0.632. The molecule has 2 aliphatic rings. The normalized spacial score (nSPS) is 26.9. The summed E-state index contributed by atoms with van der Waals surface area (Å²) in [6, 6.07) is 8.27. The van der Waals surface area contributed by atoms with Crippen LogP contribution in [0.15, 0.2) is 29.2 Å². The summed E-state index contributed by atoms with van der Waals surface area (Å²) >= 11 is 1.87. The first-order chi connectivity index (χ1) is 11.7. The molecule has 0 N–H and O–H groups in total. The van der Waals surface area contributed by atoms with E-state index in [1.165, 1.54) is 4.90 Å². The molecule has 0 unspecified atom stereocenters. The Balaban J connectivity index is 1.60. The zero-order valence-electron chi connectivity index (χ0n) is 14.6. The van der Waals surface area contributed by atoms with Gasteiger partial charge in [-0.3, -0.25) is 4.79 Å². The third-order valence-electron chi connectivity index (χ3n) is 4.85. The van der Waals surface area contributed by atoms with Gasteiger partial charge in [-0.25, -0.2) is 0 Å². The highest BCUT2D eigenvalue weighted by molar-refractivity contribution is 8.00. The first-order valence-corrected chi connectivity index (χ1v) is 9.74. The molecule has 0 radical (unpaired) electrons. The third-order valence-corrected chi connectivity index (χ3v) is 6.00. The number of fused-ring (bicyclic) bond motifs is 1. The average Bonchev–Trinajstić information content (AvgIpc) is 2.61. The summed E-state index contributed by atoms with van der Waals surface area (Å²) in [7, 11) is 1.69. The molecule has 1 aromatic carbocycles. The first kappa shape index (κ1) is 17.8. The van der Waals surface area contributed by atoms with Gasteiger partial charge < -0.3 is 14.4 Å². The Kier molecular flexibility index (Phi) is 6.19. The molecule has 0 aromatic heterocycles. The molecule has 1 aliphatic carbocycles. The number of methoxy groups -OCH3 is 1. The van der Waals surface area contributed by atoms with E-state index in [0.29, 0.717) is 24.4 Å². The maximum atomic E-state index is 13.1. The van der Waals surface area contributed by atoms with Crippen LogP contribution in [0.2, 0.25) is 0 Å². The molecule has 1 aromatic rings. The van der Waals surface area contributed by atoms with Crippen LogP contribution in [-0.4, -0.2) is 44.1 Å². The number of hydrogen-bond acceptors (Lipinski definition) is 4. The lowest BCUT2D eigenvalue weighted by Crippen LogP contribution is -2.43. The van der Waals surface area contributed by atoms with Crippen molar-refractivity contribution in [3.05, 3.63) is 24.3 Å². The molecule has 1 fully saturated rings. The van der Waals surface area contributed by atoms with Gasteiger partial charge in [0.1, 0.15) is 0 Å². The van der Waals surface area contributed by atoms with Gasteiger partial charge in [0.25, 0.3) is 0 Å². The quantitative estimate of drug-likeness (QED) is 0.759. The molecule has 4 nitrogen and oxygen atoms in total. The monoisotopic (exact) mass is 349 g/mol. The number of benzene rings is 1. The minimum Gasteiger partial charge on any atom is -0.382 e. The van der Waals surface area contributed by atoms with Crippen LogP contribution < -0.4 is 4.90 Å². The van der Waals surface area contributed by atoms with Gasteiger partial charge in [0, 0.05) is 29.7 Å². The minimum atomic E-state index is 0.135. The summed E-state index contributed by atoms with van der Waals surface area (Å²) in [5, 5.41) is 0.442. The van der Waals surface area contributed by atoms with Crippen molar-refractivity contribution in [1.29, 1.82) is 0 Å². The lowest BCUT2D eigenvalue weighted by atomic mass is 9.86. The second-order valence-corrected chi connectivity index (χ2v) is 8.16. The van der Waals surface area contributed by atoms with Crippen LogP contribution in [0.3, 0.4) is 0 Å². The Morgan fingerprint density at radius 3 is 2.71 bits per heavy atom. The predicted octanol–water partition coefficient (Wildman–Crippen LogP) is 3.74. The maximum absolute atomic E-state index is 13.1. The van der Waals surface area contributed by atoms with Crippen molar-refractivity contribution in [1.82, 2.24) is 0 Å². The first-order valence-electron chi connectivity index (χ1n) is 8.86. The van der Waals surface area contributed by atoms with Crippen LogP contribution in [0.4, 0.5) is 5.69 Å². The third kappa shape index (κ3) is 4.13. The van der Waals surface area contributed by atoms with Crippen molar-refractivity contribution in [3.8, 4) is 0 Å². The number of nitrogens with zero attached hydrogens (tertiary/aromatic N) is 1. The average molecular weight is 349 g/mol. The summed E-state index contributed by atoms with van der Waals surface area (Å²) < 4.78 is 10.8. The molecular formula is C19H27NO3S. The number of rotatable bonds is 5. The molecule has 1 amide bonds. The smallest absolute Gasteiger partial charge is 0.230 e. The molecular weight excluding hydrogens is 322 g/mol. The van der Waals surface area contributed by atoms with Gasteiger partial charge in [-0.1, -0.05) is 19.1 Å². The van der Waals surface area contributed by atoms with E-state index in [9.17, 15) is 4.79 Å². The molecule has 0 spiro atoms. The zero-order valence-corrected chi connectivity index (χ0v) is 15.4. The number of amides is 1. The van der Waals surface area contributed by atoms with Gasteiger partial charge in [-0.15, -0.1) is 11.8 Å². The van der Waals surface area contributed by atoms with Crippen LogP contribution in [-0.2, 0) is 14.3 Å². The number of carbonyl (C=O) groups excluding carboxylic acids is 1. The van der Waals surface area contributed by atoms with Crippen LogP contribution in [0.1, 0.15) is 32.6 Å². The zero-order chi connectivity index (χ0) is 16.9. The number of carbonyl (C=O) groups is 1. The van der Waals surface area contributed by atoms with Gasteiger partial charge in [0.05, 0.1) is 25.0 Å². The summed E-state index contributed by atoms with van der Waals surface area (Å²) in [5.74, 6) is 0.431. The van der Waals surface area contributed by atoms with E-state index in [0.717, 1.165) is 37.9 Å². The Morgan fingerprint density at radius 2 is 1.96 bits per heavy atom. The largest absolute Gasteiger partial charge is 0.382 e. The fourth-order valence-electron chi connectivity index (χ4n) is 3.59. The number of hydrogen-bond donors (Lipinski definition) is 0. The number of ether oxygens (including phenoxy) is 2. The summed E-state index contributed by atoms with van der Waals surface area (Å²) in [5.41, 5.74) is 1.09. The summed E-state index contributed by atoms with van der Waals surface area (Å²) in [6.07, 6.45) is 4.08. The highest BCUT2D eigenvalue weighted by atomic mass is 32.2. The minimum absolute atomic E-state index is 0.135. The molecule has 3 rings (SSSR count). The molecule has 5 heteroatoms. The van der Waals surface area contributed by atoms with Crippen molar-refractivity contribution >= 4 is 23.4 Å². The lowest BCUT2D eigenvalue weighted by Gasteiger charge is -2.36. The van der Waals surface area contributed by atoms with E-state index >= 15 is 0 Å². The molecule has 1 atom stereocenters. The Bertz CT molecular complexity index is 557. The lowest BCUT2D eigenvalue weighted by molar-refractivity contribution is -0.124. The molecule has 132 valence electrons. The second-order valence-electron chi connectivity index (χ2n) is 6.68. The molecule has 1 heterocycles. The number of para-hydroxylation sites is 1. The SMILES string of the molecule is COCCOC1CCC(C(=O)N2C[C@@H](C)Sc3ccccc32)CC1. The Labute approximate surface area is 148 Å². The van der Waals surface area contributed by atoms with Crippen molar-refractivity contribution in [2.45, 2.75) is 48.9 Å². The fourth-order valence-corrected chi connectivity index (χ4v) is 4.71. The van der Waals surface area contributed by atoms with Crippen LogP contribution >= 0.6 is 11.8 Å². The Morgan fingerprint density at radius 1 is 1.21 bits per heavy atom. The van der Waals surface area contributed by atoms with Gasteiger partial charge in [-0.2, -0.15) is 0 Å². The van der Waals surface area contributed by atoms with E-state index in [-0.39, 0.29) is 12.0 Å². The van der Waals surface area contributed by atoms with E-state index < -0.39 is 0 Å². The van der Waals surface area contributed by atoms with Gasteiger partial charge in [0.15, 0.2) is 0 Å². The van der Waals surface area contributed by atoms with E-state index in [4.69, 9.17) is 9.47 Å². The predicted molar refractivity (Wildman–Crippen MR) is 97.7 cm³/mol. The number of thioether (sulfide) groups is 1. The second kappa shape index (κ2) is 8.37. The van der Waals surface area contributed by atoms with E-state index in [2.05, 4.69) is 25.1 Å². The molecule has 1 aliphatic heterocycles. The standard InChI is InChI=1S/C19H27NO3S/c1-14-13-20(17-5-3-4-6-18(17)24-14)19(21)15-7-9-16(10-8-15)23-12-11-22-2/h3-6,14-16H,7-13H2,1-2H3/t14-,15?,16?/m1/s1. The topological polar surface area (TPSA) is 38.8 Å². The summed E-state index contributed by atoms with van der Waals surface area (Å²) in [6.45, 7) is 4.29. The van der Waals surface area contributed by atoms with E-state index in [1.54, 1.807) is 7.11 Å². The highest BCUT2D eigenvalue weighted by Gasteiger charge is 2.33. The van der Waals surface area contributed by atoms with Crippen LogP contribution in [0.5, 0.6) is 0 Å². The summed E-state index contributed by atoms with van der Waals surface area (Å²) in [4.78, 5) is 16.3. The van der Waals surface area contributed by atoms with Gasteiger partial charge >= 0.3 is 0 Å². The molecule has 1 saturated carbocycles. The van der Waals surface area contributed by atoms with Crippen molar-refractivity contribution in [3.63, 3.8) is 0 Å². The van der Waals surface area contributed by atoms with Crippen molar-refractivity contribution in [2.75, 3.05) is 31.8 Å². The molecule has 24 heavy (non-hydrogen) atoms. The van der Waals surface area contributed by atoms with Crippen molar-refractivity contribution in [2.24, 2.45) is 5.92 Å². The molecule has 0 saturated heterocycles. The van der Waals surface area contributed by atoms with Crippen molar-refractivity contribution < 1.29 is 14.3 Å². The highest BCUT2D eigenvalue weighted by Crippen LogP contribution is 2.40. The Hall–Kier alpha value is -1.04. The van der Waals surface area contributed by atoms with E-state index in [1.807, 2.05) is 22.7 Å². The van der Waals surface area contributed by atoms with Crippen LogP contribution in [0.25, 0.3) is 0 Å². The molecule has 0 bridgehead atoms.